The molecule has 3 nitrogen and oxygen atoms in total. The van der Waals surface area contributed by atoms with Crippen molar-refractivity contribution in [2.24, 2.45) is 5.92 Å². The van der Waals surface area contributed by atoms with Gasteiger partial charge in [-0.05, 0) is 38.6 Å². The van der Waals surface area contributed by atoms with Crippen LogP contribution in [0.3, 0.4) is 0 Å². The molecule has 0 aromatic carbocycles. The second-order valence-electron chi connectivity index (χ2n) is 3.92. The van der Waals surface area contributed by atoms with Gasteiger partial charge in [0.05, 0.1) is 12.7 Å². The summed E-state index contributed by atoms with van der Waals surface area (Å²) in [7, 11) is 0. The van der Waals surface area contributed by atoms with Gasteiger partial charge in [-0.1, -0.05) is 6.92 Å². The van der Waals surface area contributed by atoms with Crippen molar-refractivity contribution in [1.82, 2.24) is 5.32 Å². The van der Waals surface area contributed by atoms with E-state index in [1.165, 1.54) is 0 Å². The minimum Gasteiger partial charge on any atom is -0.379 e. The minimum absolute atomic E-state index is 0.411. The summed E-state index contributed by atoms with van der Waals surface area (Å²) in [6, 6.07) is 2.41. The maximum atomic E-state index is 9.25. The predicted molar refractivity (Wildman–Crippen MR) is 55.9 cm³/mol. The monoisotopic (exact) mass is 196 g/mol. The Kier molecular flexibility index (Phi) is 4.37. The lowest BCUT2D eigenvalue weighted by Crippen LogP contribution is -2.50. The van der Waals surface area contributed by atoms with Gasteiger partial charge in [0.2, 0.25) is 0 Å². The number of ether oxygens (including phenoxy) is 1. The van der Waals surface area contributed by atoms with Gasteiger partial charge >= 0.3 is 0 Å². The minimum atomic E-state index is -0.411. The van der Waals surface area contributed by atoms with E-state index in [4.69, 9.17) is 4.74 Å². The Labute approximate surface area is 86.4 Å². The molecule has 3 heteroatoms. The van der Waals surface area contributed by atoms with E-state index in [1.54, 1.807) is 0 Å². The maximum Gasteiger partial charge on any atom is 0.133 e. The van der Waals surface area contributed by atoms with Crippen molar-refractivity contribution in [3.05, 3.63) is 0 Å². The Morgan fingerprint density at radius 3 is 2.64 bits per heavy atom. The molecule has 1 fully saturated rings. The number of nitrogens with one attached hydrogen (secondary N) is 1. The zero-order valence-corrected chi connectivity index (χ0v) is 9.18. The average molecular weight is 196 g/mol. The zero-order chi connectivity index (χ0) is 10.4. The molecule has 14 heavy (non-hydrogen) atoms. The third-order valence-electron chi connectivity index (χ3n) is 2.70. The van der Waals surface area contributed by atoms with E-state index in [-0.39, 0.29) is 0 Å². The number of nitrogens with zero attached hydrogens (tertiary/aromatic N) is 1. The summed E-state index contributed by atoms with van der Waals surface area (Å²) in [6.45, 7) is 6.20. The van der Waals surface area contributed by atoms with Crippen LogP contribution in [-0.2, 0) is 4.74 Å². The first-order valence-electron chi connectivity index (χ1n) is 5.53. The van der Waals surface area contributed by atoms with Crippen LogP contribution in [0, 0.1) is 17.2 Å². The molecule has 0 aliphatic heterocycles. The van der Waals surface area contributed by atoms with Gasteiger partial charge in [0, 0.05) is 6.61 Å². The quantitative estimate of drug-likeness (QED) is 0.674. The average Bonchev–Trinajstić information content (AvgIpc) is 3.03. The van der Waals surface area contributed by atoms with Gasteiger partial charge < -0.3 is 4.74 Å². The Hall–Kier alpha value is -0.590. The van der Waals surface area contributed by atoms with Crippen LogP contribution in [0.1, 0.15) is 33.1 Å². The first-order chi connectivity index (χ1) is 6.79. The number of hydrogen-bond donors (Lipinski definition) is 1. The SMILES string of the molecule is CCCNC(C#N)(COCC)C1CC1. The highest BCUT2D eigenvalue weighted by Crippen LogP contribution is 2.39. The molecule has 0 radical (unpaired) electrons. The molecule has 0 amide bonds. The van der Waals surface area contributed by atoms with Crippen LogP contribution >= 0.6 is 0 Å². The summed E-state index contributed by atoms with van der Waals surface area (Å²) in [4.78, 5) is 0. The van der Waals surface area contributed by atoms with Gasteiger partial charge in [0.1, 0.15) is 5.54 Å². The largest absolute Gasteiger partial charge is 0.379 e. The first-order valence-corrected chi connectivity index (χ1v) is 5.53. The van der Waals surface area contributed by atoms with E-state index in [1.807, 2.05) is 6.92 Å². The summed E-state index contributed by atoms with van der Waals surface area (Å²) in [5.74, 6) is 0.505. The third-order valence-corrected chi connectivity index (χ3v) is 2.70. The van der Waals surface area contributed by atoms with Crippen molar-refractivity contribution in [3.63, 3.8) is 0 Å². The molecule has 1 aliphatic rings. The fourth-order valence-electron chi connectivity index (χ4n) is 1.66. The summed E-state index contributed by atoms with van der Waals surface area (Å²) in [5, 5.41) is 12.6. The molecule has 0 bridgehead atoms. The molecule has 1 N–H and O–H groups in total. The fraction of sp³-hybridized carbons (Fsp3) is 0.909. The van der Waals surface area contributed by atoms with E-state index in [9.17, 15) is 5.26 Å². The molecule has 1 rings (SSSR count). The summed E-state index contributed by atoms with van der Waals surface area (Å²) < 4.78 is 5.40. The van der Waals surface area contributed by atoms with Gasteiger partial charge in [-0.25, -0.2) is 0 Å². The van der Waals surface area contributed by atoms with Crippen molar-refractivity contribution in [2.75, 3.05) is 19.8 Å². The van der Waals surface area contributed by atoms with Crippen LogP contribution in [0.5, 0.6) is 0 Å². The normalized spacial score (nSPS) is 20.1. The molecular formula is C11H20N2O. The number of nitriles is 1. The molecular weight excluding hydrogens is 176 g/mol. The zero-order valence-electron chi connectivity index (χ0n) is 9.18. The lowest BCUT2D eigenvalue weighted by atomic mass is 9.96. The molecule has 1 atom stereocenters. The molecule has 80 valence electrons. The fourth-order valence-corrected chi connectivity index (χ4v) is 1.66. The third kappa shape index (κ3) is 2.70. The standard InChI is InChI=1S/C11H20N2O/c1-3-7-13-11(8-12,9-14-4-2)10-5-6-10/h10,13H,3-7,9H2,1-2H3. The first kappa shape index (κ1) is 11.5. The molecule has 1 unspecified atom stereocenters. The van der Waals surface area contributed by atoms with E-state index in [2.05, 4.69) is 18.3 Å². The highest BCUT2D eigenvalue weighted by Gasteiger charge is 2.45. The van der Waals surface area contributed by atoms with Gasteiger partial charge in [-0.3, -0.25) is 5.32 Å². The van der Waals surface area contributed by atoms with Crippen LogP contribution in [0.25, 0.3) is 0 Å². The van der Waals surface area contributed by atoms with Crippen molar-refractivity contribution >= 4 is 0 Å². The smallest absolute Gasteiger partial charge is 0.133 e. The Morgan fingerprint density at radius 2 is 2.21 bits per heavy atom. The van der Waals surface area contributed by atoms with Crippen LogP contribution in [0.4, 0.5) is 0 Å². The van der Waals surface area contributed by atoms with Crippen molar-refractivity contribution in [1.29, 1.82) is 5.26 Å². The Bertz CT molecular complexity index is 198. The van der Waals surface area contributed by atoms with Crippen LogP contribution in [-0.4, -0.2) is 25.3 Å². The van der Waals surface area contributed by atoms with E-state index in [0.717, 1.165) is 25.8 Å². The summed E-state index contributed by atoms with van der Waals surface area (Å²) in [6.07, 6.45) is 3.39. The number of hydrogen-bond acceptors (Lipinski definition) is 3. The molecule has 0 spiro atoms. The highest BCUT2D eigenvalue weighted by molar-refractivity contribution is 5.15. The number of rotatable bonds is 7. The summed E-state index contributed by atoms with van der Waals surface area (Å²) >= 11 is 0. The highest BCUT2D eigenvalue weighted by atomic mass is 16.5. The van der Waals surface area contributed by atoms with Gasteiger partial charge in [0.25, 0.3) is 0 Å². The van der Waals surface area contributed by atoms with Gasteiger partial charge in [0.15, 0.2) is 0 Å². The van der Waals surface area contributed by atoms with Crippen molar-refractivity contribution < 1.29 is 4.74 Å². The summed E-state index contributed by atoms with van der Waals surface area (Å²) in [5.41, 5.74) is -0.411. The van der Waals surface area contributed by atoms with Gasteiger partial charge in [-0.2, -0.15) is 5.26 Å². The van der Waals surface area contributed by atoms with E-state index in [0.29, 0.717) is 19.1 Å². The molecule has 1 saturated carbocycles. The second-order valence-corrected chi connectivity index (χ2v) is 3.92. The lowest BCUT2D eigenvalue weighted by molar-refractivity contribution is 0.0902. The van der Waals surface area contributed by atoms with Crippen LogP contribution < -0.4 is 5.32 Å². The molecule has 0 heterocycles. The van der Waals surface area contributed by atoms with Gasteiger partial charge in [-0.15, -0.1) is 0 Å². The molecule has 0 aromatic rings. The molecule has 0 aromatic heterocycles. The lowest BCUT2D eigenvalue weighted by Gasteiger charge is -2.27. The Balaban J connectivity index is 2.51. The van der Waals surface area contributed by atoms with Crippen LogP contribution in [0.2, 0.25) is 0 Å². The van der Waals surface area contributed by atoms with Crippen molar-refractivity contribution in [2.45, 2.75) is 38.6 Å². The molecule has 0 saturated heterocycles. The Morgan fingerprint density at radius 1 is 1.50 bits per heavy atom. The van der Waals surface area contributed by atoms with Crippen LogP contribution in [0.15, 0.2) is 0 Å². The maximum absolute atomic E-state index is 9.25. The van der Waals surface area contributed by atoms with E-state index >= 15 is 0 Å². The second kappa shape index (κ2) is 5.33. The molecule has 1 aliphatic carbocycles. The van der Waals surface area contributed by atoms with E-state index < -0.39 is 5.54 Å². The topological polar surface area (TPSA) is 45.0 Å². The predicted octanol–water partition coefficient (Wildman–Crippen LogP) is 1.69. The van der Waals surface area contributed by atoms with Crippen molar-refractivity contribution in [3.8, 4) is 6.07 Å².